The van der Waals surface area contributed by atoms with Crippen molar-refractivity contribution >= 4 is 17.5 Å². The number of benzene rings is 1. The van der Waals surface area contributed by atoms with Crippen LogP contribution in [0.15, 0.2) is 48.7 Å². The average Bonchev–Trinajstić information content (AvgIpc) is 3.04. The molecule has 0 radical (unpaired) electrons. The lowest BCUT2D eigenvalue weighted by molar-refractivity contribution is 0.262. The van der Waals surface area contributed by atoms with Crippen molar-refractivity contribution in [2.75, 3.05) is 17.7 Å². The van der Waals surface area contributed by atoms with Gasteiger partial charge in [-0.25, -0.2) is 9.78 Å². The Balaban J connectivity index is 1.71. The van der Waals surface area contributed by atoms with Crippen LogP contribution in [-0.2, 0) is 0 Å². The van der Waals surface area contributed by atoms with Gasteiger partial charge in [0, 0.05) is 17.8 Å². The predicted molar refractivity (Wildman–Crippen MR) is 92.2 cm³/mol. The summed E-state index contributed by atoms with van der Waals surface area (Å²) in [6.45, 7) is 2.02. The van der Waals surface area contributed by atoms with Crippen LogP contribution in [0.3, 0.4) is 0 Å². The van der Waals surface area contributed by atoms with Gasteiger partial charge in [0.25, 0.3) is 0 Å². The van der Waals surface area contributed by atoms with Gasteiger partial charge in [-0.1, -0.05) is 24.3 Å². The van der Waals surface area contributed by atoms with Gasteiger partial charge in [0.1, 0.15) is 5.69 Å². The molecule has 2 heterocycles. The first-order chi connectivity index (χ1) is 11.7. The summed E-state index contributed by atoms with van der Waals surface area (Å²) in [6, 6.07) is 12.7. The first-order valence-electron chi connectivity index (χ1n) is 7.36. The molecule has 0 aliphatic heterocycles. The first-order valence-corrected chi connectivity index (χ1v) is 7.36. The molecule has 3 rings (SSSR count). The molecule has 2 amide bonds. The number of anilines is 2. The zero-order valence-corrected chi connectivity index (χ0v) is 13.3. The smallest absolute Gasteiger partial charge is 0.325 e. The fraction of sp³-hybridized carbons (Fsp3) is 0.118. The van der Waals surface area contributed by atoms with Gasteiger partial charge >= 0.3 is 6.03 Å². The van der Waals surface area contributed by atoms with Crippen LogP contribution in [-0.4, -0.2) is 28.3 Å². The molecular weight excluding hydrogens is 306 g/mol. The van der Waals surface area contributed by atoms with E-state index >= 15 is 0 Å². The second-order valence-electron chi connectivity index (χ2n) is 5.12. The van der Waals surface area contributed by atoms with E-state index in [9.17, 15) is 4.79 Å². The van der Waals surface area contributed by atoms with Crippen LogP contribution in [0.25, 0.3) is 11.3 Å². The summed E-state index contributed by atoms with van der Waals surface area (Å²) in [6.07, 6.45) is 1.59. The number of nitrogens with zero attached hydrogens (tertiary/aromatic N) is 2. The van der Waals surface area contributed by atoms with Crippen molar-refractivity contribution in [1.82, 2.24) is 15.2 Å². The van der Waals surface area contributed by atoms with E-state index in [4.69, 9.17) is 4.74 Å². The summed E-state index contributed by atoms with van der Waals surface area (Å²) < 4.78 is 5.10. The predicted octanol–water partition coefficient (Wildman–Crippen LogP) is 3.43. The minimum Gasteiger partial charge on any atom is -0.480 e. The van der Waals surface area contributed by atoms with E-state index in [0.29, 0.717) is 17.4 Å². The number of H-pyrrole nitrogens is 1. The number of rotatable bonds is 4. The number of hydrogen-bond acceptors (Lipinski definition) is 4. The van der Waals surface area contributed by atoms with Crippen molar-refractivity contribution in [3.8, 4) is 17.1 Å². The number of ether oxygens (including phenoxy) is 1. The number of urea groups is 1. The molecule has 0 saturated carbocycles. The fourth-order valence-electron chi connectivity index (χ4n) is 2.32. The summed E-state index contributed by atoms with van der Waals surface area (Å²) in [7, 11) is 1.49. The average molecular weight is 323 g/mol. The van der Waals surface area contributed by atoms with Gasteiger partial charge in [-0.05, 0) is 24.6 Å². The number of nitrogens with one attached hydrogen (secondary N) is 3. The number of carbonyl (C=O) groups is 1. The molecule has 7 nitrogen and oxygen atoms in total. The molecule has 122 valence electrons. The maximum Gasteiger partial charge on any atom is 0.325 e. The van der Waals surface area contributed by atoms with Gasteiger partial charge in [0.2, 0.25) is 5.88 Å². The maximum absolute atomic E-state index is 12.1. The zero-order valence-electron chi connectivity index (χ0n) is 13.3. The number of aryl methyl sites for hydroxylation is 1. The van der Waals surface area contributed by atoms with E-state index < -0.39 is 6.03 Å². The number of carbonyl (C=O) groups excluding carboxylic acids is 1. The van der Waals surface area contributed by atoms with Gasteiger partial charge in [0.15, 0.2) is 5.82 Å². The van der Waals surface area contributed by atoms with E-state index in [1.54, 1.807) is 24.4 Å². The molecule has 3 N–H and O–H groups in total. The van der Waals surface area contributed by atoms with Crippen molar-refractivity contribution in [3.63, 3.8) is 0 Å². The number of pyridine rings is 1. The Morgan fingerprint density at radius 2 is 2.00 bits per heavy atom. The molecule has 0 saturated heterocycles. The molecular formula is C17H17N5O2. The van der Waals surface area contributed by atoms with Crippen molar-refractivity contribution in [2.45, 2.75) is 6.92 Å². The Labute approximate surface area is 139 Å². The largest absolute Gasteiger partial charge is 0.480 e. The highest BCUT2D eigenvalue weighted by atomic mass is 16.5. The van der Waals surface area contributed by atoms with Crippen LogP contribution in [0.1, 0.15) is 5.56 Å². The molecule has 1 aromatic carbocycles. The highest BCUT2D eigenvalue weighted by molar-refractivity contribution is 6.00. The van der Waals surface area contributed by atoms with Gasteiger partial charge in [-0.3, -0.25) is 10.4 Å². The monoisotopic (exact) mass is 323 g/mol. The van der Waals surface area contributed by atoms with Crippen LogP contribution in [0.2, 0.25) is 0 Å². The van der Waals surface area contributed by atoms with Crippen LogP contribution in [0, 0.1) is 6.92 Å². The molecule has 0 bridgehead atoms. The lowest BCUT2D eigenvalue weighted by Crippen LogP contribution is -2.20. The molecule has 2 aromatic heterocycles. The number of methoxy groups -OCH3 is 1. The van der Waals surface area contributed by atoms with E-state index in [1.165, 1.54) is 7.11 Å². The third kappa shape index (κ3) is 3.35. The number of amides is 2. The van der Waals surface area contributed by atoms with E-state index in [-0.39, 0.29) is 0 Å². The first kappa shape index (κ1) is 15.5. The Bertz CT molecular complexity index is 859. The van der Waals surface area contributed by atoms with Gasteiger partial charge in [-0.2, -0.15) is 5.10 Å². The second kappa shape index (κ2) is 6.82. The quantitative estimate of drug-likeness (QED) is 0.686. The molecule has 0 spiro atoms. The Kier molecular flexibility index (Phi) is 4.42. The standard InChI is InChI=1S/C17H17N5O2/c1-11-6-3-4-7-12(11)14-10-15(22-21-14)20-17(23)19-13-8-5-9-18-16(13)24-2/h3-10H,1-2H3,(H3,19,20,21,22,23). The minimum atomic E-state index is -0.427. The Hall–Kier alpha value is -3.35. The van der Waals surface area contributed by atoms with Crippen molar-refractivity contribution < 1.29 is 9.53 Å². The number of aromatic nitrogens is 3. The molecule has 0 aliphatic carbocycles. The minimum absolute atomic E-state index is 0.343. The van der Waals surface area contributed by atoms with E-state index in [2.05, 4.69) is 25.8 Å². The molecule has 0 aliphatic rings. The molecule has 0 atom stereocenters. The van der Waals surface area contributed by atoms with Crippen LogP contribution < -0.4 is 15.4 Å². The third-order valence-electron chi connectivity index (χ3n) is 3.47. The van der Waals surface area contributed by atoms with Crippen molar-refractivity contribution in [1.29, 1.82) is 0 Å². The summed E-state index contributed by atoms with van der Waals surface area (Å²) >= 11 is 0. The topological polar surface area (TPSA) is 91.9 Å². The highest BCUT2D eigenvalue weighted by Crippen LogP contribution is 2.23. The summed E-state index contributed by atoms with van der Waals surface area (Å²) in [5, 5.41) is 12.4. The van der Waals surface area contributed by atoms with Crippen LogP contribution in [0.4, 0.5) is 16.3 Å². The second-order valence-corrected chi connectivity index (χ2v) is 5.12. The molecule has 0 unspecified atom stereocenters. The highest BCUT2D eigenvalue weighted by Gasteiger charge is 2.11. The molecule has 7 heteroatoms. The van der Waals surface area contributed by atoms with Gasteiger partial charge in [-0.15, -0.1) is 0 Å². The Morgan fingerprint density at radius 3 is 2.79 bits per heavy atom. The summed E-state index contributed by atoms with van der Waals surface area (Å²) in [5.74, 6) is 0.767. The van der Waals surface area contributed by atoms with Crippen molar-refractivity contribution in [3.05, 3.63) is 54.2 Å². The van der Waals surface area contributed by atoms with Gasteiger partial charge < -0.3 is 10.1 Å². The van der Waals surface area contributed by atoms with Crippen LogP contribution in [0.5, 0.6) is 5.88 Å². The fourth-order valence-corrected chi connectivity index (χ4v) is 2.32. The van der Waals surface area contributed by atoms with E-state index in [0.717, 1.165) is 16.8 Å². The maximum atomic E-state index is 12.1. The lowest BCUT2D eigenvalue weighted by atomic mass is 10.1. The SMILES string of the molecule is COc1ncccc1NC(=O)Nc1cc(-c2ccccc2C)[nH]n1. The van der Waals surface area contributed by atoms with Crippen molar-refractivity contribution in [2.24, 2.45) is 0 Å². The normalized spacial score (nSPS) is 10.2. The Morgan fingerprint density at radius 1 is 1.17 bits per heavy atom. The number of aromatic amines is 1. The molecule has 0 fully saturated rings. The number of hydrogen-bond donors (Lipinski definition) is 3. The third-order valence-corrected chi connectivity index (χ3v) is 3.47. The molecule has 24 heavy (non-hydrogen) atoms. The zero-order chi connectivity index (χ0) is 16.9. The van der Waals surface area contributed by atoms with Crippen LogP contribution >= 0.6 is 0 Å². The molecule has 3 aromatic rings. The summed E-state index contributed by atoms with van der Waals surface area (Å²) in [4.78, 5) is 16.1. The van der Waals surface area contributed by atoms with Gasteiger partial charge in [0.05, 0.1) is 12.8 Å². The summed E-state index contributed by atoms with van der Waals surface area (Å²) in [5.41, 5.74) is 3.47. The van der Waals surface area contributed by atoms with E-state index in [1.807, 2.05) is 31.2 Å². The lowest BCUT2D eigenvalue weighted by Gasteiger charge is -2.08.